The Balaban J connectivity index is 1.19. The molecule has 1 saturated heterocycles. The van der Waals surface area contributed by atoms with E-state index in [1.54, 1.807) is 0 Å². The fraction of sp³-hybridized carbons (Fsp3) is 0.500. The highest BCUT2D eigenvalue weighted by molar-refractivity contribution is 7.16. The molecule has 5 heterocycles. The second kappa shape index (κ2) is 7.83. The number of piperidine rings is 1. The lowest BCUT2D eigenvalue weighted by molar-refractivity contribution is -0.182. The number of ether oxygens (including phenoxy) is 1. The molecule has 6 rings (SSSR count). The van der Waals surface area contributed by atoms with Crippen LogP contribution < -0.4 is 0 Å². The first-order chi connectivity index (χ1) is 15.8. The molecule has 1 aliphatic carbocycles. The van der Waals surface area contributed by atoms with Gasteiger partial charge >= 0.3 is 0 Å². The highest BCUT2D eigenvalue weighted by Gasteiger charge is 2.51. The predicted molar refractivity (Wildman–Crippen MR) is 123 cm³/mol. The zero-order chi connectivity index (χ0) is 22.8. The molecule has 0 N–H and O–H groups in total. The van der Waals surface area contributed by atoms with Gasteiger partial charge in [0.1, 0.15) is 12.2 Å². The Labute approximate surface area is 200 Å². The number of aryl methyl sites for hydroxylation is 1. The number of likely N-dealkylation sites (tertiary alicyclic amines) is 1. The zero-order valence-corrected chi connectivity index (χ0v) is 19.9. The van der Waals surface area contributed by atoms with E-state index < -0.39 is 18.1 Å². The first kappa shape index (κ1) is 21.6. The summed E-state index contributed by atoms with van der Waals surface area (Å²) in [5.41, 5.74) is 2.81. The lowest BCUT2D eigenvalue weighted by atomic mass is 9.84. The van der Waals surface area contributed by atoms with Crippen molar-refractivity contribution in [3.63, 3.8) is 0 Å². The highest BCUT2D eigenvalue weighted by Crippen LogP contribution is 2.52. The minimum absolute atomic E-state index is 0.0520. The molecule has 1 saturated carbocycles. The molecule has 2 fully saturated rings. The van der Waals surface area contributed by atoms with Crippen molar-refractivity contribution in [3.05, 3.63) is 62.2 Å². The summed E-state index contributed by atoms with van der Waals surface area (Å²) < 4.78 is 36.9. The van der Waals surface area contributed by atoms with Crippen LogP contribution in [0.15, 0.2) is 30.6 Å². The second-order valence-electron chi connectivity index (χ2n) is 9.43. The van der Waals surface area contributed by atoms with Gasteiger partial charge < -0.3 is 4.74 Å². The lowest BCUT2D eigenvalue weighted by Crippen LogP contribution is -2.48. The third kappa shape index (κ3) is 3.81. The summed E-state index contributed by atoms with van der Waals surface area (Å²) in [6.07, 6.45) is 7.68. The maximum Gasteiger partial charge on any atom is 0.297 e. The molecule has 1 spiro atoms. The molecule has 2 aliphatic heterocycles. The number of thiophene rings is 1. The van der Waals surface area contributed by atoms with Gasteiger partial charge in [0.25, 0.3) is 5.92 Å². The molecule has 0 bridgehead atoms. The fourth-order valence-electron chi connectivity index (χ4n) is 5.10. The Morgan fingerprint density at radius 2 is 2.06 bits per heavy atom. The molecule has 5 nitrogen and oxygen atoms in total. The summed E-state index contributed by atoms with van der Waals surface area (Å²) in [4.78, 5) is 7.56. The number of hydrogen-bond acceptors (Lipinski definition) is 5. The van der Waals surface area contributed by atoms with Gasteiger partial charge in [-0.15, -0.1) is 11.3 Å². The van der Waals surface area contributed by atoms with Crippen LogP contribution >= 0.6 is 22.9 Å². The molecule has 0 amide bonds. The van der Waals surface area contributed by atoms with E-state index >= 15 is 0 Å². The smallest absolute Gasteiger partial charge is 0.297 e. The van der Waals surface area contributed by atoms with Gasteiger partial charge in [0.2, 0.25) is 0 Å². The van der Waals surface area contributed by atoms with Gasteiger partial charge in [0.05, 0.1) is 10.0 Å². The molecule has 33 heavy (non-hydrogen) atoms. The van der Waals surface area contributed by atoms with E-state index in [4.69, 9.17) is 21.4 Å². The van der Waals surface area contributed by atoms with Gasteiger partial charge in [-0.25, -0.2) is 9.67 Å². The number of fused-ring (bicyclic) bond motifs is 2. The van der Waals surface area contributed by atoms with E-state index in [9.17, 15) is 8.78 Å². The fourth-order valence-corrected chi connectivity index (χ4v) is 6.58. The zero-order valence-electron chi connectivity index (χ0n) is 18.4. The van der Waals surface area contributed by atoms with Crippen LogP contribution in [-0.2, 0) is 22.8 Å². The maximum atomic E-state index is 14.4. The normalized spacial score (nSPS) is 21.9. The number of aromatic nitrogens is 3. The van der Waals surface area contributed by atoms with Crippen LogP contribution in [0.2, 0.25) is 4.34 Å². The number of hydrogen-bond donors (Lipinski definition) is 0. The molecule has 0 atom stereocenters. The minimum atomic E-state index is -2.97. The number of pyridine rings is 1. The maximum absolute atomic E-state index is 14.4. The monoisotopic (exact) mass is 490 g/mol. The van der Waals surface area contributed by atoms with Gasteiger partial charge in [-0.3, -0.25) is 4.90 Å². The second-order valence-corrected chi connectivity index (χ2v) is 11.1. The van der Waals surface area contributed by atoms with Crippen LogP contribution in [0.25, 0.3) is 5.82 Å². The molecule has 174 valence electrons. The molecular weight excluding hydrogens is 466 g/mol. The number of halogens is 3. The lowest BCUT2D eigenvalue weighted by Gasteiger charge is -2.45. The van der Waals surface area contributed by atoms with Crippen molar-refractivity contribution in [1.29, 1.82) is 0 Å². The molecule has 3 aromatic heterocycles. The Morgan fingerprint density at radius 1 is 1.27 bits per heavy atom. The van der Waals surface area contributed by atoms with Crippen molar-refractivity contribution in [2.24, 2.45) is 0 Å². The van der Waals surface area contributed by atoms with Gasteiger partial charge in [0.15, 0.2) is 5.82 Å². The van der Waals surface area contributed by atoms with E-state index in [1.807, 2.05) is 23.9 Å². The molecular formula is C24H25ClF2N4OS. The van der Waals surface area contributed by atoms with Crippen molar-refractivity contribution in [1.82, 2.24) is 19.7 Å². The van der Waals surface area contributed by atoms with Crippen molar-refractivity contribution in [2.45, 2.75) is 56.6 Å². The van der Waals surface area contributed by atoms with Crippen LogP contribution in [0.4, 0.5) is 8.78 Å². The first-order valence-electron chi connectivity index (χ1n) is 11.4. The van der Waals surface area contributed by atoms with Crippen LogP contribution in [-0.4, -0.2) is 39.4 Å². The third-order valence-electron chi connectivity index (χ3n) is 7.15. The average molecular weight is 491 g/mol. The Kier molecular flexibility index (Phi) is 5.14. The van der Waals surface area contributed by atoms with E-state index in [0.29, 0.717) is 28.0 Å². The molecule has 9 heteroatoms. The van der Waals surface area contributed by atoms with Crippen molar-refractivity contribution >= 4 is 22.9 Å². The van der Waals surface area contributed by atoms with E-state index in [1.165, 1.54) is 35.8 Å². The summed E-state index contributed by atoms with van der Waals surface area (Å²) >= 11 is 7.36. The summed E-state index contributed by atoms with van der Waals surface area (Å²) in [7, 11) is 0. The summed E-state index contributed by atoms with van der Waals surface area (Å²) in [6.45, 7) is 3.75. The summed E-state index contributed by atoms with van der Waals surface area (Å²) in [5, 5.41) is 4.76. The number of rotatable bonds is 4. The standard InChI is InChI=1S/C24H25ClF2N4OS/c1-15-17(13-31(29-15)22-18(16-4-5-16)3-2-8-28-22)12-30-9-6-23(7-10-30)21-19(11-20(25)33-21)24(26,27)14-32-23/h2-3,8,11,13,16H,4-7,9-10,12,14H2,1H3. The van der Waals surface area contributed by atoms with Gasteiger partial charge in [-0.1, -0.05) is 17.7 Å². The predicted octanol–water partition coefficient (Wildman–Crippen LogP) is 5.78. The minimum Gasteiger partial charge on any atom is -0.363 e. The third-order valence-corrected chi connectivity index (χ3v) is 8.60. The Morgan fingerprint density at radius 3 is 2.82 bits per heavy atom. The highest BCUT2D eigenvalue weighted by atomic mass is 35.5. The van der Waals surface area contributed by atoms with Gasteiger partial charge in [-0.05, 0) is 56.2 Å². The van der Waals surface area contributed by atoms with Crippen LogP contribution in [0.1, 0.15) is 58.9 Å². The van der Waals surface area contributed by atoms with Crippen LogP contribution in [0, 0.1) is 6.92 Å². The first-order valence-corrected chi connectivity index (χ1v) is 12.6. The molecule has 0 radical (unpaired) electrons. The van der Waals surface area contributed by atoms with Crippen molar-refractivity contribution in [3.8, 4) is 5.82 Å². The average Bonchev–Trinajstić information content (AvgIpc) is 3.47. The van der Waals surface area contributed by atoms with E-state index in [2.05, 4.69) is 22.1 Å². The van der Waals surface area contributed by atoms with E-state index in [0.717, 1.165) is 36.7 Å². The van der Waals surface area contributed by atoms with Crippen LogP contribution in [0.5, 0.6) is 0 Å². The van der Waals surface area contributed by atoms with Crippen molar-refractivity contribution in [2.75, 3.05) is 19.7 Å². The molecule has 0 unspecified atom stereocenters. The molecule has 3 aromatic rings. The topological polar surface area (TPSA) is 43.2 Å². The van der Waals surface area contributed by atoms with Gasteiger partial charge in [0, 0.05) is 48.0 Å². The van der Waals surface area contributed by atoms with Crippen LogP contribution in [0.3, 0.4) is 0 Å². The number of alkyl halides is 2. The Bertz CT molecular complexity index is 1200. The Hall–Kier alpha value is -1.87. The van der Waals surface area contributed by atoms with Crippen molar-refractivity contribution < 1.29 is 13.5 Å². The molecule has 3 aliphatic rings. The van der Waals surface area contributed by atoms with E-state index in [-0.39, 0.29) is 5.56 Å². The summed E-state index contributed by atoms with van der Waals surface area (Å²) in [6, 6.07) is 5.57. The largest absolute Gasteiger partial charge is 0.363 e. The summed E-state index contributed by atoms with van der Waals surface area (Å²) in [5.74, 6) is -1.46. The SMILES string of the molecule is Cc1nn(-c2ncccc2C2CC2)cc1CN1CCC2(CC1)OCC(F)(F)c1cc(Cl)sc12. The van der Waals surface area contributed by atoms with Gasteiger partial charge in [-0.2, -0.15) is 13.9 Å². The number of nitrogens with zero attached hydrogens (tertiary/aromatic N) is 4. The molecule has 0 aromatic carbocycles. The quantitative estimate of drug-likeness (QED) is 0.465.